The number of alkyl halides is 3. The molecule has 0 radical (unpaired) electrons. The number of aromatic nitrogens is 1. The summed E-state index contributed by atoms with van der Waals surface area (Å²) in [6.07, 6.45) is -4.69. The number of rotatable bonds is 3. The molecule has 0 aliphatic heterocycles. The Morgan fingerprint density at radius 1 is 1.10 bits per heavy atom. The third kappa shape index (κ3) is 3.21. The molecule has 1 aromatic heterocycles. The first-order valence-electron chi connectivity index (χ1n) is 6.16. The highest BCUT2D eigenvalue weighted by molar-refractivity contribution is 5.97. The van der Waals surface area contributed by atoms with Crippen molar-refractivity contribution in [1.29, 1.82) is 0 Å². The molecule has 0 saturated heterocycles. The Balaban J connectivity index is 2.43. The summed E-state index contributed by atoms with van der Waals surface area (Å²) < 4.78 is 39.1. The van der Waals surface area contributed by atoms with Crippen LogP contribution in [0.4, 0.5) is 13.2 Å². The Hall–Kier alpha value is -2.37. The molecular formula is C15H12F3NO2. The fourth-order valence-electron chi connectivity index (χ4n) is 2.05. The molecule has 0 atom stereocenters. The molecular weight excluding hydrogens is 283 g/mol. The standard InChI is InChI=1S/C15H12F3NO2/c1-10-5-2-3-6-11(10)12(20)9-19-13(15(16,17)18)7-4-8-14(19)21/h2-8H,9H2,1H3. The summed E-state index contributed by atoms with van der Waals surface area (Å²) in [6.45, 7) is 1.05. The van der Waals surface area contributed by atoms with Crippen molar-refractivity contribution >= 4 is 5.78 Å². The number of Topliss-reactive ketones (excluding diaryl/α,β-unsaturated/α-hetero) is 1. The van der Waals surface area contributed by atoms with E-state index >= 15 is 0 Å². The van der Waals surface area contributed by atoms with Crippen molar-refractivity contribution in [2.75, 3.05) is 0 Å². The Morgan fingerprint density at radius 2 is 1.76 bits per heavy atom. The number of pyridine rings is 1. The van der Waals surface area contributed by atoms with Crippen molar-refractivity contribution in [1.82, 2.24) is 4.57 Å². The molecule has 0 saturated carbocycles. The molecule has 0 spiro atoms. The number of benzene rings is 1. The molecule has 2 aromatic rings. The third-order valence-electron chi connectivity index (χ3n) is 3.09. The first-order chi connectivity index (χ1) is 9.80. The molecule has 0 aliphatic rings. The zero-order valence-corrected chi connectivity index (χ0v) is 11.1. The van der Waals surface area contributed by atoms with Crippen LogP contribution in [0.25, 0.3) is 0 Å². The van der Waals surface area contributed by atoms with Gasteiger partial charge in [0, 0.05) is 11.6 Å². The molecule has 0 unspecified atom stereocenters. The number of carbonyl (C=O) groups excluding carboxylic acids is 1. The first-order valence-corrected chi connectivity index (χ1v) is 6.16. The highest BCUT2D eigenvalue weighted by Crippen LogP contribution is 2.28. The summed E-state index contributed by atoms with van der Waals surface area (Å²) in [5.74, 6) is -0.535. The van der Waals surface area contributed by atoms with E-state index in [0.717, 1.165) is 18.2 Å². The second kappa shape index (κ2) is 5.55. The van der Waals surface area contributed by atoms with Crippen LogP contribution >= 0.6 is 0 Å². The van der Waals surface area contributed by atoms with Gasteiger partial charge in [-0.05, 0) is 18.6 Å². The van der Waals surface area contributed by atoms with Gasteiger partial charge in [-0.2, -0.15) is 13.2 Å². The monoisotopic (exact) mass is 295 g/mol. The Labute approximate surface area is 118 Å². The minimum atomic E-state index is -4.69. The number of hydrogen-bond donors (Lipinski definition) is 0. The van der Waals surface area contributed by atoms with E-state index in [4.69, 9.17) is 0 Å². The van der Waals surface area contributed by atoms with E-state index in [1.54, 1.807) is 25.1 Å². The van der Waals surface area contributed by atoms with E-state index in [1.807, 2.05) is 0 Å². The molecule has 0 aliphatic carbocycles. The predicted octanol–water partition coefficient (Wildman–Crippen LogP) is 3.06. The predicted molar refractivity (Wildman–Crippen MR) is 71.2 cm³/mol. The quantitative estimate of drug-likeness (QED) is 0.816. The van der Waals surface area contributed by atoms with Crippen molar-refractivity contribution in [2.24, 2.45) is 0 Å². The van der Waals surface area contributed by atoms with Gasteiger partial charge in [-0.3, -0.25) is 14.2 Å². The van der Waals surface area contributed by atoms with E-state index in [2.05, 4.69) is 0 Å². The van der Waals surface area contributed by atoms with Gasteiger partial charge >= 0.3 is 6.18 Å². The molecule has 6 heteroatoms. The lowest BCUT2D eigenvalue weighted by Gasteiger charge is -2.14. The maximum absolute atomic E-state index is 12.9. The summed E-state index contributed by atoms with van der Waals surface area (Å²) in [5, 5.41) is 0. The Bertz CT molecular complexity index is 732. The highest BCUT2D eigenvalue weighted by atomic mass is 19.4. The van der Waals surface area contributed by atoms with Crippen LogP contribution in [0.5, 0.6) is 0 Å². The van der Waals surface area contributed by atoms with Gasteiger partial charge in [0.2, 0.25) is 0 Å². The van der Waals surface area contributed by atoms with Crippen LogP contribution in [0.2, 0.25) is 0 Å². The number of carbonyl (C=O) groups is 1. The van der Waals surface area contributed by atoms with Crippen LogP contribution in [0, 0.1) is 6.92 Å². The van der Waals surface area contributed by atoms with Gasteiger partial charge in [0.15, 0.2) is 5.78 Å². The minimum absolute atomic E-state index is 0.307. The summed E-state index contributed by atoms with van der Waals surface area (Å²) in [7, 11) is 0. The molecule has 0 fully saturated rings. The van der Waals surface area contributed by atoms with E-state index < -0.39 is 29.8 Å². The van der Waals surface area contributed by atoms with Crippen molar-refractivity contribution in [3.05, 3.63) is 69.6 Å². The zero-order valence-electron chi connectivity index (χ0n) is 11.1. The fraction of sp³-hybridized carbons (Fsp3) is 0.200. The van der Waals surface area contributed by atoms with Gasteiger partial charge in [-0.1, -0.05) is 30.3 Å². The zero-order chi connectivity index (χ0) is 15.6. The van der Waals surface area contributed by atoms with Gasteiger partial charge < -0.3 is 0 Å². The summed E-state index contributed by atoms with van der Waals surface area (Å²) in [5.41, 5.74) is -1.02. The largest absolute Gasteiger partial charge is 0.431 e. The third-order valence-corrected chi connectivity index (χ3v) is 3.09. The number of hydrogen-bond acceptors (Lipinski definition) is 2. The second-order valence-electron chi connectivity index (χ2n) is 4.57. The SMILES string of the molecule is Cc1ccccc1C(=O)Cn1c(C(F)(F)F)cccc1=O. The molecule has 21 heavy (non-hydrogen) atoms. The summed E-state index contributed by atoms with van der Waals surface area (Å²) >= 11 is 0. The van der Waals surface area contributed by atoms with E-state index in [-0.39, 0.29) is 0 Å². The Morgan fingerprint density at radius 3 is 2.38 bits per heavy atom. The van der Waals surface area contributed by atoms with Crippen molar-refractivity contribution in [2.45, 2.75) is 19.6 Å². The molecule has 2 rings (SSSR count). The van der Waals surface area contributed by atoms with Crippen LogP contribution in [0.15, 0.2) is 47.3 Å². The molecule has 3 nitrogen and oxygen atoms in total. The summed E-state index contributed by atoms with van der Waals surface area (Å²) in [4.78, 5) is 23.8. The average Bonchev–Trinajstić information content (AvgIpc) is 2.40. The molecule has 110 valence electrons. The smallest absolute Gasteiger partial charge is 0.297 e. The van der Waals surface area contributed by atoms with E-state index in [9.17, 15) is 22.8 Å². The van der Waals surface area contributed by atoms with Crippen molar-refractivity contribution in [3.8, 4) is 0 Å². The lowest BCUT2D eigenvalue weighted by Crippen LogP contribution is -2.30. The number of aryl methyl sites for hydroxylation is 1. The molecule has 1 aromatic carbocycles. The van der Waals surface area contributed by atoms with Crippen LogP contribution in [0.3, 0.4) is 0 Å². The Kier molecular flexibility index (Phi) is 3.97. The average molecular weight is 295 g/mol. The normalized spacial score (nSPS) is 11.4. The van der Waals surface area contributed by atoms with Crippen molar-refractivity contribution < 1.29 is 18.0 Å². The van der Waals surface area contributed by atoms with Gasteiger partial charge in [0.1, 0.15) is 5.69 Å². The van der Waals surface area contributed by atoms with Gasteiger partial charge in [0.05, 0.1) is 6.54 Å². The first kappa shape index (κ1) is 15.0. The lowest BCUT2D eigenvalue weighted by molar-refractivity contribution is -0.144. The minimum Gasteiger partial charge on any atom is -0.297 e. The van der Waals surface area contributed by atoms with Gasteiger partial charge in [-0.15, -0.1) is 0 Å². The van der Waals surface area contributed by atoms with E-state index in [0.29, 0.717) is 15.7 Å². The summed E-state index contributed by atoms with van der Waals surface area (Å²) in [6, 6.07) is 9.37. The topological polar surface area (TPSA) is 39.1 Å². The van der Waals surface area contributed by atoms with Crippen LogP contribution in [-0.4, -0.2) is 10.4 Å². The molecule has 0 N–H and O–H groups in total. The second-order valence-corrected chi connectivity index (χ2v) is 4.57. The molecule has 0 amide bonds. The van der Waals surface area contributed by atoms with E-state index in [1.165, 1.54) is 6.07 Å². The highest BCUT2D eigenvalue weighted by Gasteiger charge is 2.34. The number of ketones is 1. The molecule has 1 heterocycles. The van der Waals surface area contributed by atoms with Crippen LogP contribution in [0.1, 0.15) is 21.6 Å². The van der Waals surface area contributed by atoms with Gasteiger partial charge in [0.25, 0.3) is 5.56 Å². The number of halogens is 3. The van der Waals surface area contributed by atoms with Crippen LogP contribution in [-0.2, 0) is 12.7 Å². The number of nitrogens with zero attached hydrogens (tertiary/aromatic N) is 1. The maximum atomic E-state index is 12.9. The fourth-order valence-corrected chi connectivity index (χ4v) is 2.05. The van der Waals surface area contributed by atoms with Gasteiger partial charge in [-0.25, -0.2) is 0 Å². The lowest BCUT2D eigenvalue weighted by atomic mass is 10.0. The maximum Gasteiger partial charge on any atom is 0.431 e. The molecule has 0 bridgehead atoms. The van der Waals surface area contributed by atoms with Crippen molar-refractivity contribution in [3.63, 3.8) is 0 Å². The van der Waals surface area contributed by atoms with Crippen LogP contribution < -0.4 is 5.56 Å².